The molecule has 1 aromatic rings. The standard InChI is InChI=1S/C11H13NO3S2/c1-8(2)11(13)12-9-4-6-10(7-5-9)17(14,15)16-3/h4-7H,1H2,2-3H3,(H,12,13). The minimum Gasteiger partial charge on any atom is -0.322 e. The van der Waals surface area contributed by atoms with Crippen LogP contribution in [-0.2, 0) is 13.7 Å². The zero-order valence-corrected chi connectivity index (χ0v) is 11.2. The van der Waals surface area contributed by atoms with Gasteiger partial charge in [-0.1, -0.05) is 6.58 Å². The third-order valence-electron chi connectivity index (χ3n) is 2.01. The van der Waals surface area contributed by atoms with Gasteiger partial charge in [0.25, 0.3) is 5.91 Å². The third-order valence-corrected chi connectivity index (χ3v) is 5.19. The SMILES string of the molecule is C=C(C)C(=O)Nc1ccc(S(=O)(=O)SC)cc1. The van der Waals surface area contributed by atoms with Gasteiger partial charge in [-0.25, -0.2) is 8.42 Å². The molecular formula is C11H13NO3S2. The fraction of sp³-hybridized carbons (Fsp3) is 0.182. The van der Waals surface area contributed by atoms with Gasteiger partial charge in [0, 0.05) is 11.3 Å². The van der Waals surface area contributed by atoms with Crippen molar-refractivity contribution in [2.24, 2.45) is 0 Å². The Bertz CT molecular complexity index is 532. The average molecular weight is 271 g/mol. The lowest BCUT2D eigenvalue weighted by molar-refractivity contribution is -0.112. The van der Waals surface area contributed by atoms with Crippen LogP contribution in [0.1, 0.15) is 6.92 Å². The van der Waals surface area contributed by atoms with E-state index in [0.717, 1.165) is 10.8 Å². The van der Waals surface area contributed by atoms with E-state index in [9.17, 15) is 13.2 Å². The van der Waals surface area contributed by atoms with Crippen LogP contribution in [0.25, 0.3) is 0 Å². The highest BCUT2D eigenvalue weighted by atomic mass is 33.1. The van der Waals surface area contributed by atoms with Crippen molar-refractivity contribution in [1.82, 2.24) is 0 Å². The highest BCUT2D eigenvalue weighted by molar-refractivity contribution is 8.71. The lowest BCUT2D eigenvalue weighted by atomic mass is 10.3. The van der Waals surface area contributed by atoms with Crippen molar-refractivity contribution in [3.8, 4) is 0 Å². The van der Waals surface area contributed by atoms with Gasteiger partial charge in [0.1, 0.15) is 0 Å². The van der Waals surface area contributed by atoms with E-state index in [2.05, 4.69) is 11.9 Å². The number of nitrogens with one attached hydrogen (secondary N) is 1. The van der Waals surface area contributed by atoms with E-state index in [-0.39, 0.29) is 10.8 Å². The third kappa shape index (κ3) is 3.61. The van der Waals surface area contributed by atoms with E-state index in [4.69, 9.17) is 0 Å². The summed E-state index contributed by atoms with van der Waals surface area (Å²) in [5.41, 5.74) is 0.934. The molecular weight excluding hydrogens is 258 g/mol. The Labute approximate surface area is 104 Å². The molecule has 1 aromatic carbocycles. The van der Waals surface area contributed by atoms with E-state index in [1.165, 1.54) is 18.4 Å². The fourth-order valence-electron chi connectivity index (χ4n) is 1.04. The second-order valence-electron chi connectivity index (χ2n) is 3.38. The van der Waals surface area contributed by atoms with Gasteiger partial charge in [0.15, 0.2) is 0 Å². The van der Waals surface area contributed by atoms with Crippen LogP contribution in [-0.4, -0.2) is 20.6 Å². The second-order valence-corrected chi connectivity index (χ2v) is 7.41. The van der Waals surface area contributed by atoms with E-state index in [0.29, 0.717) is 11.3 Å². The molecule has 0 fully saturated rings. The summed E-state index contributed by atoms with van der Waals surface area (Å²) in [6.07, 6.45) is 1.51. The summed E-state index contributed by atoms with van der Waals surface area (Å²) in [5.74, 6) is -0.287. The Kier molecular flexibility index (Phi) is 4.36. The van der Waals surface area contributed by atoms with Gasteiger partial charge in [0.2, 0.25) is 8.87 Å². The summed E-state index contributed by atoms with van der Waals surface area (Å²) >= 11 is 0. The predicted octanol–water partition coefficient (Wildman–Crippen LogP) is 2.25. The molecule has 17 heavy (non-hydrogen) atoms. The molecule has 0 unspecified atom stereocenters. The van der Waals surface area contributed by atoms with Crippen LogP contribution in [0.15, 0.2) is 41.3 Å². The van der Waals surface area contributed by atoms with Crippen molar-refractivity contribution in [1.29, 1.82) is 0 Å². The Hall–Kier alpha value is -1.27. The van der Waals surface area contributed by atoms with Crippen LogP contribution in [0.3, 0.4) is 0 Å². The molecule has 0 bridgehead atoms. The summed E-state index contributed by atoms with van der Waals surface area (Å²) in [7, 11) is -2.50. The average Bonchev–Trinajstić information content (AvgIpc) is 2.29. The van der Waals surface area contributed by atoms with Crippen molar-refractivity contribution >= 4 is 31.3 Å². The van der Waals surface area contributed by atoms with Crippen LogP contribution in [0.2, 0.25) is 0 Å². The Morgan fingerprint density at radius 3 is 2.24 bits per heavy atom. The topological polar surface area (TPSA) is 63.2 Å². The van der Waals surface area contributed by atoms with Crippen molar-refractivity contribution in [3.05, 3.63) is 36.4 Å². The summed E-state index contributed by atoms with van der Waals surface area (Å²) in [4.78, 5) is 11.5. The minimum atomic E-state index is -3.27. The molecule has 0 saturated heterocycles. The Balaban J connectivity index is 2.90. The lowest BCUT2D eigenvalue weighted by Gasteiger charge is -2.05. The normalized spacial score (nSPS) is 10.9. The molecule has 0 aliphatic heterocycles. The molecule has 0 spiro atoms. The van der Waals surface area contributed by atoms with Gasteiger partial charge in [-0.2, -0.15) is 0 Å². The fourth-order valence-corrected chi connectivity index (χ4v) is 2.61. The number of carbonyl (C=O) groups is 1. The highest BCUT2D eigenvalue weighted by Gasteiger charge is 2.12. The molecule has 6 heteroatoms. The Morgan fingerprint density at radius 2 is 1.82 bits per heavy atom. The molecule has 1 amide bonds. The van der Waals surface area contributed by atoms with Gasteiger partial charge in [-0.3, -0.25) is 4.79 Å². The smallest absolute Gasteiger partial charge is 0.250 e. The number of anilines is 1. The number of benzene rings is 1. The quantitative estimate of drug-likeness (QED) is 0.674. The van der Waals surface area contributed by atoms with Crippen LogP contribution < -0.4 is 5.32 Å². The van der Waals surface area contributed by atoms with Gasteiger partial charge in [-0.15, -0.1) is 0 Å². The van der Waals surface area contributed by atoms with E-state index < -0.39 is 8.87 Å². The first kappa shape index (κ1) is 13.8. The highest BCUT2D eigenvalue weighted by Crippen LogP contribution is 2.22. The molecule has 1 rings (SSSR count). The molecule has 1 N–H and O–H groups in total. The summed E-state index contributed by atoms with van der Waals surface area (Å²) in [5, 5.41) is 2.60. The number of carbonyl (C=O) groups excluding carboxylic acids is 1. The number of hydrogen-bond acceptors (Lipinski definition) is 4. The van der Waals surface area contributed by atoms with Gasteiger partial charge >= 0.3 is 0 Å². The summed E-state index contributed by atoms with van der Waals surface area (Å²) < 4.78 is 23.0. The van der Waals surface area contributed by atoms with Gasteiger partial charge in [0.05, 0.1) is 4.90 Å². The van der Waals surface area contributed by atoms with Crippen LogP contribution >= 0.6 is 10.8 Å². The number of rotatable bonds is 4. The van der Waals surface area contributed by atoms with Crippen molar-refractivity contribution in [2.75, 3.05) is 11.6 Å². The lowest BCUT2D eigenvalue weighted by Crippen LogP contribution is -2.11. The second kappa shape index (κ2) is 5.37. The van der Waals surface area contributed by atoms with Crippen LogP contribution in [0.5, 0.6) is 0 Å². The van der Waals surface area contributed by atoms with E-state index in [1.807, 2.05) is 0 Å². The first-order chi connectivity index (χ1) is 7.86. The molecule has 0 aliphatic carbocycles. The molecule has 0 aromatic heterocycles. The van der Waals surface area contributed by atoms with E-state index >= 15 is 0 Å². The van der Waals surface area contributed by atoms with Crippen molar-refractivity contribution in [3.63, 3.8) is 0 Å². The minimum absolute atomic E-state index is 0.221. The molecule has 92 valence electrons. The maximum Gasteiger partial charge on any atom is 0.250 e. The maximum atomic E-state index is 11.5. The van der Waals surface area contributed by atoms with E-state index in [1.54, 1.807) is 19.1 Å². The predicted molar refractivity (Wildman–Crippen MR) is 70.6 cm³/mol. The zero-order chi connectivity index (χ0) is 13.1. The molecule has 0 atom stereocenters. The first-order valence-corrected chi connectivity index (χ1v) is 7.97. The Morgan fingerprint density at radius 1 is 1.29 bits per heavy atom. The number of amides is 1. The largest absolute Gasteiger partial charge is 0.322 e. The monoisotopic (exact) mass is 271 g/mol. The van der Waals surface area contributed by atoms with Gasteiger partial charge < -0.3 is 5.32 Å². The molecule has 4 nitrogen and oxygen atoms in total. The number of hydrogen-bond donors (Lipinski definition) is 1. The molecule has 0 radical (unpaired) electrons. The molecule has 0 heterocycles. The van der Waals surface area contributed by atoms with Gasteiger partial charge in [-0.05, 0) is 48.2 Å². The van der Waals surface area contributed by atoms with Crippen molar-refractivity contribution in [2.45, 2.75) is 11.8 Å². The summed E-state index contributed by atoms with van der Waals surface area (Å²) in [6.45, 7) is 5.11. The first-order valence-electron chi connectivity index (χ1n) is 4.74. The molecule has 0 saturated carbocycles. The van der Waals surface area contributed by atoms with Crippen molar-refractivity contribution < 1.29 is 13.2 Å². The zero-order valence-electron chi connectivity index (χ0n) is 9.56. The van der Waals surface area contributed by atoms with Crippen LogP contribution in [0.4, 0.5) is 5.69 Å². The summed E-state index contributed by atoms with van der Waals surface area (Å²) in [6, 6.07) is 6.01. The maximum absolute atomic E-state index is 11.5. The van der Waals surface area contributed by atoms with Crippen LogP contribution in [0, 0.1) is 0 Å². The molecule has 0 aliphatic rings.